The predicted octanol–water partition coefficient (Wildman–Crippen LogP) is 1.78. The minimum atomic E-state index is 0.198. The van der Waals surface area contributed by atoms with E-state index in [0.29, 0.717) is 13.0 Å². The summed E-state index contributed by atoms with van der Waals surface area (Å²) in [6, 6.07) is 7.67. The molecule has 0 fully saturated rings. The molecule has 0 saturated carbocycles. The van der Waals surface area contributed by atoms with Crippen molar-refractivity contribution in [3.8, 4) is 0 Å². The maximum Gasteiger partial charge on any atom is 0.162 e. The first kappa shape index (κ1) is 9.93. The van der Waals surface area contributed by atoms with E-state index in [2.05, 4.69) is 0 Å². The summed E-state index contributed by atoms with van der Waals surface area (Å²) in [5.41, 5.74) is 7.36. The summed E-state index contributed by atoms with van der Waals surface area (Å²) >= 11 is 0. The minimum absolute atomic E-state index is 0.198. The average molecular weight is 177 g/mol. The molecule has 2 N–H and O–H groups in total. The monoisotopic (exact) mass is 177 g/mol. The second-order valence-corrected chi connectivity index (χ2v) is 2.97. The largest absolute Gasteiger partial charge is 0.330 e. The van der Waals surface area contributed by atoms with Crippen LogP contribution in [0.25, 0.3) is 0 Å². The summed E-state index contributed by atoms with van der Waals surface area (Å²) in [6.45, 7) is 2.47. The molecule has 0 unspecified atom stereocenters. The van der Waals surface area contributed by atoms with Crippen molar-refractivity contribution in [3.05, 3.63) is 35.4 Å². The summed E-state index contributed by atoms with van der Waals surface area (Å²) < 4.78 is 0. The van der Waals surface area contributed by atoms with Crippen molar-refractivity contribution in [2.75, 3.05) is 6.54 Å². The van der Waals surface area contributed by atoms with Crippen LogP contribution in [0.5, 0.6) is 0 Å². The Balaban J connectivity index is 2.97. The first-order valence-corrected chi connectivity index (χ1v) is 4.60. The van der Waals surface area contributed by atoms with Crippen molar-refractivity contribution in [2.45, 2.75) is 19.8 Å². The van der Waals surface area contributed by atoms with Crippen LogP contribution in [0.15, 0.2) is 24.3 Å². The summed E-state index contributed by atoms with van der Waals surface area (Å²) in [7, 11) is 0. The molecular weight excluding hydrogens is 162 g/mol. The molecule has 0 saturated heterocycles. The SMILES string of the molecule is CCC(=O)c1ccccc1CCN. The van der Waals surface area contributed by atoms with Crippen molar-refractivity contribution in [1.82, 2.24) is 0 Å². The normalized spacial score (nSPS) is 10.0. The molecule has 0 aliphatic heterocycles. The van der Waals surface area contributed by atoms with Gasteiger partial charge in [0, 0.05) is 12.0 Å². The number of hydrogen-bond donors (Lipinski definition) is 1. The third-order valence-corrected chi connectivity index (χ3v) is 2.05. The number of benzene rings is 1. The molecule has 1 rings (SSSR count). The molecule has 0 amide bonds. The number of rotatable bonds is 4. The van der Waals surface area contributed by atoms with Crippen LogP contribution in [-0.2, 0) is 6.42 Å². The molecule has 2 heteroatoms. The smallest absolute Gasteiger partial charge is 0.162 e. The van der Waals surface area contributed by atoms with Gasteiger partial charge in [0.1, 0.15) is 0 Å². The molecule has 0 spiro atoms. The highest BCUT2D eigenvalue weighted by atomic mass is 16.1. The first-order valence-electron chi connectivity index (χ1n) is 4.60. The van der Waals surface area contributed by atoms with Gasteiger partial charge in [-0.2, -0.15) is 0 Å². The standard InChI is InChI=1S/C11H15NO/c1-2-11(13)10-6-4-3-5-9(10)7-8-12/h3-6H,2,7-8,12H2,1H3. The molecule has 0 aliphatic rings. The summed E-state index contributed by atoms with van der Waals surface area (Å²) in [5.74, 6) is 0.198. The van der Waals surface area contributed by atoms with E-state index in [-0.39, 0.29) is 5.78 Å². The van der Waals surface area contributed by atoms with Gasteiger partial charge in [0.05, 0.1) is 0 Å². The van der Waals surface area contributed by atoms with E-state index in [9.17, 15) is 4.79 Å². The van der Waals surface area contributed by atoms with Gasteiger partial charge in [-0.3, -0.25) is 4.79 Å². The fourth-order valence-electron chi connectivity index (χ4n) is 1.36. The average Bonchev–Trinajstić information content (AvgIpc) is 2.18. The quantitative estimate of drug-likeness (QED) is 0.712. The van der Waals surface area contributed by atoms with Gasteiger partial charge in [-0.1, -0.05) is 31.2 Å². The highest BCUT2D eigenvalue weighted by molar-refractivity contribution is 5.97. The van der Waals surface area contributed by atoms with Crippen molar-refractivity contribution < 1.29 is 4.79 Å². The first-order chi connectivity index (χ1) is 6.29. The number of carbonyl (C=O) groups excluding carboxylic acids is 1. The molecule has 70 valence electrons. The van der Waals surface area contributed by atoms with Gasteiger partial charge in [0.2, 0.25) is 0 Å². The van der Waals surface area contributed by atoms with E-state index in [4.69, 9.17) is 5.73 Å². The lowest BCUT2D eigenvalue weighted by Crippen LogP contribution is -2.08. The third-order valence-electron chi connectivity index (χ3n) is 2.05. The van der Waals surface area contributed by atoms with Crippen molar-refractivity contribution in [1.29, 1.82) is 0 Å². The summed E-state index contributed by atoms with van der Waals surface area (Å²) in [5, 5.41) is 0. The molecule has 0 heterocycles. The van der Waals surface area contributed by atoms with Gasteiger partial charge in [0.15, 0.2) is 5.78 Å². The Morgan fingerprint density at radius 3 is 2.69 bits per heavy atom. The highest BCUT2D eigenvalue weighted by Crippen LogP contribution is 2.11. The lowest BCUT2D eigenvalue weighted by Gasteiger charge is -2.05. The molecule has 0 aliphatic carbocycles. The Morgan fingerprint density at radius 1 is 1.38 bits per heavy atom. The van der Waals surface area contributed by atoms with Gasteiger partial charge >= 0.3 is 0 Å². The van der Waals surface area contributed by atoms with Crippen LogP contribution >= 0.6 is 0 Å². The van der Waals surface area contributed by atoms with Crippen LogP contribution in [0.4, 0.5) is 0 Å². The Labute approximate surface area is 78.8 Å². The maximum atomic E-state index is 11.5. The number of nitrogens with two attached hydrogens (primary N) is 1. The van der Waals surface area contributed by atoms with Crippen LogP contribution < -0.4 is 5.73 Å². The van der Waals surface area contributed by atoms with E-state index >= 15 is 0 Å². The Hall–Kier alpha value is -1.15. The lowest BCUT2D eigenvalue weighted by atomic mass is 10.00. The van der Waals surface area contributed by atoms with E-state index in [1.54, 1.807) is 0 Å². The van der Waals surface area contributed by atoms with E-state index < -0.39 is 0 Å². The van der Waals surface area contributed by atoms with Crippen LogP contribution in [0.3, 0.4) is 0 Å². The zero-order chi connectivity index (χ0) is 9.68. The van der Waals surface area contributed by atoms with Crippen LogP contribution in [0.2, 0.25) is 0 Å². The molecule has 1 aromatic rings. The second-order valence-electron chi connectivity index (χ2n) is 2.97. The number of Topliss-reactive ketones (excluding diaryl/α,β-unsaturated/α-hetero) is 1. The zero-order valence-electron chi connectivity index (χ0n) is 7.92. The molecule has 0 bridgehead atoms. The van der Waals surface area contributed by atoms with Crippen molar-refractivity contribution >= 4 is 5.78 Å². The van der Waals surface area contributed by atoms with E-state index in [1.165, 1.54) is 0 Å². The van der Waals surface area contributed by atoms with Gasteiger partial charge < -0.3 is 5.73 Å². The fraction of sp³-hybridized carbons (Fsp3) is 0.364. The topological polar surface area (TPSA) is 43.1 Å². The predicted molar refractivity (Wildman–Crippen MR) is 53.8 cm³/mol. The fourth-order valence-corrected chi connectivity index (χ4v) is 1.36. The van der Waals surface area contributed by atoms with Gasteiger partial charge in [-0.05, 0) is 18.5 Å². The highest BCUT2D eigenvalue weighted by Gasteiger charge is 2.07. The molecule has 0 radical (unpaired) electrons. The molecule has 0 aromatic heterocycles. The molecular formula is C11H15NO. The Morgan fingerprint density at radius 2 is 2.08 bits per heavy atom. The van der Waals surface area contributed by atoms with Gasteiger partial charge in [-0.15, -0.1) is 0 Å². The Kier molecular flexibility index (Phi) is 3.65. The van der Waals surface area contributed by atoms with Gasteiger partial charge in [0.25, 0.3) is 0 Å². The molecule has 13 heavy (non-hydrogen) atoms. The third kappa shape index (κ3) is 2.39. The number of hydrogen-bond acceptors (Lipinski definition) is 2. The summed E-state index contributed by atoms with van der Waals surface area (Å²) in [4.78, 5) is 11.5. The number of carbonyl (C=O) groups is 1. The summed E-state index contributed by atoms with van der Waals surface area (Å²) in [6.07, 6.45) is 1.34. The second kappa shape index (κ2) is 4.77. The lowest BCUT2D eigenvalue weighted by molar-refractivity contribution is 0.0987. The van der Waals surface area contributed by atoms with E-state index in [0.717, 1.165) is 17.5 Å². The van der Waals surface area contributed by atoms with Crippen molar-refractivity contribution in [3.63, 3.8) is 0 Å². The van der Waals surface area contributed by atoms with E-state index in [1.807, 2.05) is 31.2 Å². The zero-order valence-corrected chi connectivity index (χ0v) is 7.92. The van der Waals surface area contributed by atoms with Crippen LogP contribution in [-0.4, -0.2) is 12.3 Å². The van der Waals surface area contributed by atoms with Crippen LogP contribution in [0, 0.1) is 0 Å². The molecule has 0 atom stereocenters. The van der Waals surface area contributed by atoms with Gasteiger partial charge in [-0.25, -0.2) is 0 Å². The van der Waals surface area contributed by atoms with Crippen molar-refractivity contribution in [2.24, 2.45) is 5.73 Å². The molecule has 1 aromatic carbocycles. The van der Waals surface area contributed by atoms with Crippen LogP contribution in [0.1, 0.15) is 29.3 Å². The maximum absolute atomic E-state index is 11.5. The number of ketones is 1. The minimum Gasteiger partial charge on any atom is -0.330 e. The Bertz CT molecular complexity index is 294. The molecule has 2 nitrogen and oxygen atoms in total.